The average molecular weight is 274 g/mol. The molecule has 0 aliphatic carbocycles. The van der Waals surface area contributed by atoms with E-state index < -0.39 is 17.4 Å². The highest BCUT2D eigenvalue weighted by atomic mass is 19.1. The summed E-state index contributed by atoms with van der Waals surface area (Å²) in [5.41, 5.74) is -0.526. The molecule has 0 amide bonds. The van der Waals surface area contributed by atoms with Gasteiger partial charge in [-0.25, -0.2) is 19.2 Å². The van der Waals surface area contributed by atoms with Crippen molar-refractivity contribution in [1.29, 1.82) is 0 Å². The van der Waals surface area contributed by atoms with Crippen molar-refractivity contribution in [3.05, 3.63) is 48.0 Å². The smallest absolute Gasteiger partial charge is 0.342 e. The molecule has 0 aliphatic heterocycles. The summed E-state index contributed by atoms with van der Waals surface area (Å²) < 4.78 is 19.2. The van der Waals surface area contributed by atoms with Crippen molar-refractivity contribution in [2.24, 2.45) is 0 Å². The molecule has 0 atom stereocenters. The number of nitrogens with zero attached hydrogens (tertiary/aromatic N) is 2. The van der Waals surface area contributed by atoms with Crippen molar-refractivity contribution in [1.82, 2.24) is 9.97 Å². The molecule has 4 nitrogen and oxygen atoms in total. The van der Waals surface area contributed by atoms with Crippen LogP contribution in [0.15, 0.2) is 36.7 Å². The molecule has 5 heteroatoms. The SMILES string of the molecule is CC(C)(C)OC(=O)c1c(F)cccc1-c1ncccn1. The minimum Gasteiger partial charge on any atom is -0.456 e. The monoisotopic (exact) mass is 274 g/mol. The number of ether oxygens (including phenoxy) is 1. The molecule has 1 aromatic heterocycles. The maximum atomic E-state index is 14.0. The molecule has 0 unspecified atom stereocenters. The standard InChI is InChI=1S/C15H15FN2O2/c1-15(2,3)20-14(19)12-10(6-4-7-11(12)16)13-17-8-5-9-18-13/h4-9H,1-3H3. The third-order valence-corrected chi connectivity index (χ3v) is 2.42. The lowest BCUT2D eigenvalue weighted by atomic mass is 10.1. The number of carbonyl (C=O) groups is 1. The van der Waals surface area contributed by atoms with E-state index in [1.807, 2.05) is 0 Å². The van der Waals surface area contributed by atoms with Gasteiger partial charge in [0.05, 0.1) is 0 Å². The molecule has 0 bridgehead atoms. The van der Waals surface area contributed by atoms with E-state index in [-0.39, 0.29) is 11.4 Å². The van der Waals surface area contributed by atoms with E-state index in [1.165, 1.54) is 24.5 Å². The lowest BCUT2D eigenvalue weighted by molar-refractivity contribution is 0.00656. The molecule has 0 saturated carbocycles. The summed E-state index contributed by atoms with van der Waals surface area (Å²) in [6.07, 6.45) is 3.07. The Labute approximate surface area is 116 Å². The third kappa shape index (κ3) is 3.17. The topological polar surface area (TPSA) is 52.1 Å². The van der Waals surface area contributed by atoms with E-state index in [9.17, 15) is 9.18 Å². The first-order valence-electron chi connectivity index (χ1n) is 6.18. The zero-order valence-corrected chi connectivity index (χ0v) is 11.6. The number of hydrogen-bond donors (Lipinski definition) is 0. The Morgan fingerprint density at radius 1 is 1.15 bits per heavy atom. The third-order valence-electron chi connectivity index (χ3n) is 2.42. The number of aromatic nitrogens is 2. The van der Waals surface area contributed by atoms with E-state index in [0.29, 0.717) is 5.56 Å². The van der Waals surface area contributed by atoms with E-state index in [2.05, 4.69) is 9.97 Å². The van der Waals surface area contributed by atoms with Gasteiger partial charge in [-0.15, -0.1) is 0 Å². The van der Waals surface area contributed by atoms with Gasteiger partial charge in [0, 0.05) is 18.0 Å². The lowest BCUT2D eigenvalue weighted by Gasteiger charge is -2.20. The molecule has 1 heterocycles. The van der Waals surface area contributed by atoms with E-state index in [1.54, 1.807) is 32.9 Å². The molecular formula is C15H15FN2O2. The molecule has 0 spiro atoms. The number of halogens is 1. The maximum Gasteiger partial charge on any atom is 0.342 e. The fourth-order valence-corrected chi connectivity index (χ4v) is 1.69. The Bertz CT molecular complexity index is 622. The Morgan fingerprint density at radius 2 is 1.80 bits per heavy atom. The van der Waals surface area contributed by atoms with Gasteiger partial charge in [0.25, 0.3) is 0 Å². The van der Waals surface area contributed by atoms with Crippen LogP contribution >= 0.6 is 0 Å². The molecule has 0 aliphatic rings. The molecule has 20 heavy (non-hydrogen) atoms. The van der Waals surface area contributed by atoms with Crippen molar-refractivity contribution < 1.29 is 13.9 Å². The molecule has 2 aromatic rings. The van der Waals surface area contributed by atoms with Crippen molar-refractivity contribution in [2.75, 3.05) is 0 Å². The van der Waals surface area contributed by atoms with E-state index >= 15 is 0 Å². The van der Waals surface area contributed by atoms with Crippen molar-refractivity contribution in [3.8, 4) is 11.4 Å². The van der Waals surface area contributed by atoms with Crippen LogP contribution < -0.4 is 0 Å². The number of hydrogen-bond acceptors (Lipinski definition) is 4. The van der Waals surface area contributed by atoms with E-state index in [4.69, 9.17) is 4.74 Å². The zero-order chi connectivity index (χ0) is 14.8. The largest absolute Gasteiger partial charge is 0.456 e. The summed E-state index contributed by atoms with van der Waals surface area (Å²) in [5, 5.41) is 0. The summed E-state index contributed by atoms with van der Waals surface area (Å²) in [6, 6.07) is 5.97. The summed E-state index contributed by atoms with van der Waals surface area (Å²) in [4.78, 5) is 20.2. The van der Waals surface area contributed by atoms with Gasteiger partial charge < -0.3 is 4.74 Å². The minimum absolute atomic E-state index is 0.145. The molecule has 2 rings (SSSR count). The second kappa shape index (κ2) is 5.36. The molecule has 0 saturated heterocycles. The highest BCUT2D eigenvalue weighted by Gasteiger charge is 2.24. The molecular weight excluding hydrogens is 259 g/mol. The second-order valence-corrected chi connectivity index (χ2v) is 5.24. The van der Waals surface area contributed by atoms with Gasteiger partial charge in [-0.2, -0.15) is 0 Å². The summed E-state index contributed by atoms with van der Waals surface area (Å²) in [5.74, 6) is -1.09. The predicted octanol–water partition coefficient (Wildman–Crippen LogP) is 3.24. The van der Waals surface area contributed by atoms with Gasteiger partial charge in [0.1, 0.15) is 17.0 Å². The average Bonchev–Trinajstić information content (AvgIpc) is 2.37. The summed E-state index contributed by atoms with van der Waals surface area (Å²) >= 11 is 0. The van der Waals surface area contributed by atoms with Crippen LogP contribution in [0.5, 0.6) is 0 Å². The number of carbonyl (C=O) groups excluding carboxylic acids is 1. The predicted molar refractivity (Wildman–Crippen MR) is 72.6 cm³/mol. The second-order valence-electron chi connectivity index (χ2n) is 5.24. The van der Waals surface area contributed by atoms with Gasteiger partial charge in [0.2, 0.25) is 0 Å². The fraction of sp³-hybridized carbons (Fsp3) is 0.267. The van der Waals surface area contributed by atoms with Crippen molar-refractivity contribution >= 4 is 5.97 Å². The van der Waals surface area contributed by atoms with Crippen LogP contribution in [0.3, 0.4) is 0 Å². The Hall–Kier alpha value is -2.30. The molecule has 0 N–H and O–H groups in total. The van der Waals surface area contributed by atoms with Crippen molar-refractivity contribution in [3.63, 3.8) is 0 Å². The maximum absolute atomic E-state index is 14.0. The lowest BCUT2D eigenvalue weighted by Crippen LogP contribution is -2.25. The van der Waals surface area contributed by atoms with Crippen LogP contribution in [0, 0.1) is 5.82 Å². The normalized spacial score (nSPS) is 11.2. The van der Waals surface area contributed by atoms with Crippen LogP contribution in [-0.4, -0.2) is 21.5 Å². The first-order valence-corrected chi connectivity index (χ1v) is 6.18. The van der Waals surface area contributed by atoms with Gasteiger partial charge in [0.15, 0.2) is 5.82 Å². The molecule has 0 fully saturated rings. The van der Waals surface area contributed by atoms with Crippen LogP contribution in [0.1, 0.15) is 31.1 Å². The number of esters is 1. The van der Waals surface area contributed by atoms with Gasteiger partial charge in [-0.1, -0.05) is 12.1 Å². The first-order chi connectivity index (χ1) is 9.38. The summed E-state index contributed by atoms with van der Waals surface area (Å²) in [7, 11) is 0. The number of benzene rings is 1. The van der Waals surface area contributed by atoms with E-state index in [0.717, 1.165) is 0 Å². The minimum atomic E-state index is -0.724. The van der Waals surface area contributed by atoms with Crippen LogP contribution in [-0.2, 0) is 4.74 Å². The highest BCUT2D eigenvalue weighted by Crippen LogP contribution is 2.25. The molecule has 0 radical (unpaired) electrons. The van der Waals surface area contributed by atoms with Crippen LogP contribution in [0.2, 0.25) is 0 Å². The van der Waals surface area contributed by atoms with Gasteiger partial charge >= 0.3 is 5.97 Å². The zero-order valence-electron chi connectivity index (χ0n) is 11.6. The van der Waals surface area contributed by atoms with Crippen molar-refractivity contribution in [2.45, 2.75) is 26.4 Å². The number of rotatable bonds is 2. The Balaban J connectivity index is 2.50. The van der Waals surface area contributed by atoms with Crippen LogP contribution in [0.25, 0.3) is 11.4 Å². The Morgan fingerprint density at radius 3 is 2.40 bits per heavy atom. The first kappa shape index (κ1) is 14.1. The molecule has 104 valence electrons. The highest BCUT2D eigenvalue weighted by molar-refractivity contribution is 5.96. The van der Waals surface area contributed by atoms with Crippen LogP contribution in [0.4, 0.5) is 4.39 Å². The fourth-order valence-electron chi connectivity index (χ4n) is 1.69. The van der Waals surface area contributed by atoms with Gasteiger partial charge in [-0.3, -0.25) is 0 Å². The molecule has 1 aromatic carbocycles. The summed E-state index contributed by atoms with van der Waals surface area (Å²) in [6.45, 7) is 5.18. The quantitative estimate of drug-likeness (QED) is 0.789. The Kier molecular flexibility index (Phi) is 3.79. The van der Waals surface area contributed by atoms with Gasteiger partial charge in [-0.05, 0) is 32.9 Å².